The number of hydrogen-bond acceptors (Lipinski definition) is 4. The second kappa shape index (κ2) is 6.98. The zero-order valence-corrected chi connectivity index (χ0v) is 10.7. The highest BCUT2D eigenvalue weighted by Crippen LogP contribution is 2.08. The van der Waals surface area contributed by atoms with Gasteiger partial charge < -0.3 is 14.8 Å². The molecule has 2 N–H and O–H groups in total. The highest BCUT2D eigenvalue weighted by molar-refractivity contribution is 5.20. The second-order valence-corrected chi connectivity index (χ2v) is 4.05. The predicted octanol–water partition coefficient (Wildman–Crippen LogP) is 0.554. The van der Waals surface area contributed by atoms with Gasteiger partial charge in [0.1, 0.15) is 0 Å². The van der Waals surface area contributed by atoms with Crippen LogP contribution in [0.5, 0.6) is 5.75 Å². The van der Waals surface area contributed by atoms with Gasteiger partial charge in [0.25, 0.3) is 0 Å². The van der Waals surface area contributed by atoms with Gasteiger partial charge in [0.05, 0.1) is 12.8 Å². The Bertz CT molecular complexity index is 454. The van der Waals surface area contributed by atoms with Gasteiger partial charge in [-0.25, -0.2) is 0 Å². The summed E-state index contributed by atoms with van der Waals surface area (Å²) in [6.45, 7) is 8.14. The van der Waals surface area contributed by atoms with Crippen molar-refractivity contribution in [2.45, 2.75) is 20.0 Å². The molecule has 0 spiro atoms. The minimum absolute atomic E-state index is 0.0810. The minimum atomic E-state index is -0.384. The Hall–Kier alpha value is -1.59. The summed E-state index contributed by atoms with van der Waals surface area (Å²) in [5.74, 6) is -0.259. The van der Waals surface area contributed by atoms with Gasteiger partial charge in [-0.2, -0.15) is 0 Å². The van der Waals surface area contributed by atoms with Crippen LogP contribution < -0.4 is 5.43 Å². The molecule has 0 aliphatic carbocycles. The fourth-order valence-corrected chi connectivity index (χ4v) is 1.77. The van der Waals surface area contributed by atoms with E-state index in [1.807, 2.05) is 11.8 Å². The third-order valence-electron chi connectivity index (χ3n) is 2.77. The van der Waals surface area contributed by atoms with Gasteiger partial charge in [0.2, 0.25) is 5.43 Å². The lowest BCUT2D eigenvalue weighted by Crippen LogP contribution is -2.28. The SMILES string of the molecule is C=CCn1cc(O)c(=O)cc1CN(CC)CCO. The quantitative estimate of drug-likeness (QED) is 0.696. The van der Waals surface area contributed by atoms with Crippen molar-refractivity contribution in [2.75, 3.05) is 19.7 Å². The summed E-state index contributed by atoms with van der Waals surface area (Å²) < 4.78 is 1.78. The first-order valence-electron chi connectivity index (χ1n) is 5.98. The number of nitrogens with zero attached hydrogens (tertiary/aromatic N) is 2. The molecule has 0 aromatic carbocycles. The average molecular weight is 252 g/mol. The van der Waals surface area contributed by atoms with E-state index in [0.717, 1.165) is 12.2 Å². The standard InChI is InChI=1S/C13H20N2O3/c1-3-5-15-10-13(18)12(17)8-11(15)9-14(4-2)6-7-16/h3,8,10,16,18H,1,4-7,9H2,2H3. The topological polar surface area (TPSA) is 65.7 Å². The maximum atomic E-state index is 11.5. The van der Waals surface area contributed by atoms with Crippen LogP contribution in [0.25, 0.3) is 0 Å². The summed E-state index contributed by atoms with van der Waals surface area (Å²) in [7, 11) is 0. The van der Waals surface area contributed by atoms with Crippen LogP contribution in [0.3, 0.4) is 0 Å². The summed E-state index contributed by atoms with van der Waals surface area (Å²) in [5, 5.41) is 18.4. The van der Waals surface area contributed by atoms with E-state index in [9.17, 15) is 9.90 Å². The van der Waals surface area contributed by atoms with E-state index in [1.54, 1.807) is 10.6 Å². The molecule has 0 saturated heterocycles. The predicted molar refractivity (Wildman–Crippen MR) is 70.6 cm³/mol. The van der Waals surface area contributed by atoms with Crippen molar-refractivity contribution in [3.63, 3.8) is 0 Å². The first kappa shape index (κ1) is 14.5. The summed E-state index contributed by atoms with van der Waals surface area (Å²) in [6, 6.07) is 1.43. The summed E-state index contributed by atoms with van der Waals surface area (Å²) in [5.41, 5.74) is 0.415. The lowest BCUT2D eigenvalue weighted by atomic mass is 10.3. The highest BCUT2D eigenvalue weighted by Gasteiger charge is 2.09. The molecular weight excluding hydrogens is 232 g/mol. The molecular formula is C13H20N2O3. The first-order chi connectivity index (χ1) is 8.62. The van der Waals surface area contributed by atoms with Crippen molar-refractivity contribution in [2.24, 2.45) is 0 Å². The minimum Gasteiger partial charge on any atom is -0.503 e. The maximum absolute atomic E-state index is 11.5. The largest absolute Gasteiger partial charge is 0.503 e. The van der Waals surface area contributed by atoms with Crippen LogP contribution in [-0.4, -0.2) is 39.4 Å². The van der Waals surface area contributed by atoms with Crippen LogP contribution in [0.15, 0.2) is 29.7 Å². The van der Waals surface area contributed by atoms with Crippen LogP contribution in [0.4, 0.5) is 0 Å². The monoisotopic (exact) mass is 252 g/mol. The number of aromatic nitrogens is 1. The molecule has 18 heavy (non-hydrogen) atoms. The van der Waals surface area contributed by atoms with Crippen molar-refractivity contribution in [1.82, 2.24) is 9.47 Å². The van der Waals surface area contributed by atoms with Crippen molar-refractivity contribution < 1.29 is 10.2 Å². The van der Waals surface area contributed by atoms with E-state index < -0.39 is 0 Å². The van der Waals surface area contributed by atoms with Gasteiger partial charge in [-0.3, -0.25) is 9.69 Å². The van der Waals surface area contributed by atoms with E-state index in [0.29, 0.717) is 19.6 Å². The van der Waals surface area contributed by atoms with Crippen molar-refractivity contribution in [3.05, 3.63) is 40.8 Å². The summed E-state index contributed by atoms with van der Waals surface area (Å²) in [6.07, 6.45) is 3.13. The smallest absolute Gasteiger partial charge is 0.223 e. The molecule has 0 aliphatic heterocycles. The van der Waals surface area contributed by atoms with E-state index in [-0.39, 0.29) is 17.8 Å². The molecule has 0 amide bonds. The molecule has 100 valence electrons. The number of aliphatic hydroxyl groups excluding tert-OH is 1. The normalized spacial score (nSPS) is 10.8. The van der Waals surface area contributed by atoms with Gasteiger partial charge in [-0.15, -0.1) is 6.58 Å². The maximum Gasteiger partial charge on any atom is 0.223 e. The molecule has 0 bridgehead atoms. The van der Waals surface area contributed by atoms with Gasteiger partial charge in [0.15, 0.2) is 5.75 Å². The average Bonchev–Trinajstić information content (AvgIpc) is 2.35. The Morgan fingerprint density at radius 3 is 2.83 bits per heavy atom. The third kappa shape index (κ3) is 3.72. The van der Waals surface area contributed by atoms with Crippen LogP contribution >= 0.6 is 0 Å². The van der Waals surface area contributed by atoms with E-state index in [4.69, 9.17) is 5.11 Å². The molecule has 0 saturated carbocycles. The number of likely N-dealkylation sites (N-methyl/N-ethyl adjacent to an activating group) is 1. The van der Waals surface area contributed by atoms with E-state index in [2.05, 4.69) is 6.58 Å². The Morgan fingerprint density at radius 2 is 2.28 bits per heavy atom. The number of allylic oxidation sites excluding steroid dienone is 1. The summed E-state index contributed by atoms with van der Waals surface area (Å²) in [4.78, 5) is 13.5. The van der Waals surface area contributed by atoms with Crippen molar-refractivity contribution in [1.29, 1.82) is 0 Å². The molecule has 0 radical (unpaired) electrons. The fourth-order valence-electron chi connectivity index (χ4n) is 1.77. The van der Waals surface area contributed by atoms with Gasteiger partial charge >= 0.3 is 0 Å². The second-order valence-electron chi connectivity index (χ2n) is 4.05. The Morgan fingerprint density at radius 1 is 1.56 bits per heavy atom. The number of hydrogen-bond donors (Lipinski definition) is 2. The summed E-state index contributed by atoms with van der Waals surface area (Å²) >= 11 is 0. The molecule has 1 aromatic rings. The molecule has 1 aromatic heterocycles. The van der Waals surface area contributed by atoms with Crippen molar-refractivity contribution in [3.8, 4) is 5.75 Å². The van der Waals surface area contributed by atoms with Crippen LogP contribution in [-0.2, 0) is 13.1 Å². The number of rotatable bonds is 7. The fraction of sp³-hybridized carbons (Fsp3) is 0.462. The molecule has 0 aliphatic rings. The Kier molecular flexibility index (Phi) is 5.61. The Balaban J connectivity index is 3.01. The highest BCUT2D eigenvalue weighted by atomic mass is 16.3. The van der Waals surface area contributed by atoms with Gasteiger partial charge in [-0.1, -0.05) is 13.0 Å². The van der Waals surface area contributed by atoms with E-state index in [1.165, 1.54) is 12.3 Å². The number of aromatic hydroxyl groups is 1. The van der Waals surface area contributed by atoms with Crippen molar-refractivity contribution >= 4 is 0 Å². The molecule has 5 nitrogen and oxygen atoms in total. The number of aliphatic hydroxyl groups is 1. The van der Waals surface area contributed by atoms with Gasteiger partial charge in [0, 0.05) is 31.4 Å². The lowest BCUT2D eigenvalue weighted by Gasteiger charge is -2.21. The first-order valence-corrected chi connectivity index (χ1v) is 5.98. The van der Waals surface area contributed by atoms with E-state index >= 15 is 0 Å². The molecule has 0 fully saturated rings. The van der Waals surface area contributed by atoms with Crippen LogP contribution in [0, 0.1) is 0 Å². The third-order valence-corrected chi connectivity index (χ3v) is 2.77. The van der Waals surface area contributed by atoms with Gasteiger partial charge in [-0.05, 0) is 6.54 Å². The zero-order valence-electron chi connectivity index (χ0n) is 10.7. The molecule has 5 heteroatoms. The molecule has 1 rings (SSSR count). The molecule has 0 unspecified atom stereocenters. The number of pyridine rings is 1. The lowest BCUT2D eigenvalue weighted by molar-refractivity contribution is 0.193. The zero-order chi connectivity index (χ0) is 13.5. The van der Waals surface area contributed by atoms with Crippen LogP contribution in [0.1, 0.15) is 12.6 Å². The Labute approximate surface area is 107 Å². The van der Waals surface area contributed by atoms with Crippen LogP contribution in [0.2, 0.25) is 0 Å². The molecule has 1 heterocycles. The molecule has 0 atom stereocenters.